The number of aromatic amines is 1. The number of aromatic nitrogens is 1. The van der Waals surface area contributed by atoms with Gasteiger partial charge in [-0.3, -0.25) is 4.79 Å². The molecule has 7 heteroatoms. The standard InChI is InChI=1S/C20H16Cl2N2O3/c1-27-20(26)11-2-5-17-14(8-11)15-10-24(7-6-18(15)23-17)19(25)13-4-3-12(21)9-16(13)22/h2-5,8-9,23H,6-7,10H2,1H3. The Kier molecular flexibility index (Phi) is 4.58. The number of esters is 1. The Morgan fingerprint density at radius 1 is 1.15 bits per heavy atom. The number of halogens is 2. The molecule has 27 heavy (non-hydrogen) atoms. The van der Waals surface area contributed by atoms with Crippen molar-refractivity contribution >= 4 is 46.0 Å². The lowest BCUT2D eigenvalue weighted by atomic mass is 10.0. The van der Waals surface area contributed by atoms with Gasteiger partial charge in [0, 0.05) is 46.7 Å². The number of hydrogen-bond acceptors (Lipinski definition) is 3. The van der Waals surface area contributed by atoms with E-state index >= 15 is 0 Å². The average molecular weight is 403 g/mol. The van der Waals surface area contributed by atoms with Crippen molar-refractivity contribution in [1.82, 2.24) is 9.88 Å². The van der Waals surface area contributed by atoms with Gasteiger partial charge in [0.25, 0.3) is 5.91 Å². The number of ether oxygens (including phenoxy) is 1. The van der Waals surface area contributed by atoms with Gasteiger partial charge in [-0.05, 0) is 36.4 Å². The summed E-state index contributed by atoms with van der Waals surface area (Å²) in [5.74, 6) is -0.524. The number of hydrogen-bond donors (Lipinski definition) is 1. The van der Waals surface area contributed by atoms with Gasteiger partial charge in [-0.15, -0.1) is 0 Å². The first-order chi connectivity index (χ1) is 13.0. The van der Waals surface area contributed by atoms with Gasteiger partial charge in [0.1, 0.15) is 0 Å². The first-order valence-electron chi connectivity index (χ1n) is 8.44. The van der Waals surface area contributed by atoms with E-state index in [2.05, 4.69) is 4.98 Å². The summed E-state index contributed by atoms with van der Waals surface area (Å²) in [6.07, 6.45) is 0.703. The van der Waals surface area contributed by atoms with Crippen LogP contribution in [0, 0.1) is 0 Å². The van der Waals surface area contributed by atoms with Crippen molar-refractivity contribution in [2.24, 2.45) is 0 Å². The second-order valence-electron chi connectivity index (χ2n) is 6.43. The van der Waals surface area contributed by atoms with E-state index in [0.717, 1.165) is 22.2 Å². The quantitative estimate of drug-likeness (QED) is 0.643. The molecule has 0 atom stereocenters. The topological polar surface area (TPSA) is 62.4 Å². The van der Waals surface area contributed by atoms with Crippen LogP contribution >= 0.6 is 23.2 Å². The minimum Gasteiger partial charge on any atom is -0.465 e. The van der Waals surface area contributed by atoms with Crippen molar-refractivity contribution in [1.29, 1.82) is 0 Å². The smallest absolute Gasteiger partial charge is 0.337 e. The summed E-state index contributed by atoms with van der Waals surface area (Å²) >= 11 is 12.1. The molecule has 0 spiro atoms. The highest BCUT2D eigenvalue weighted by atomic mass is 35.5. The molecule has 0 saturated heterocycles. The summed E-state index contributed by atoms with van der Waals surface area (Å²) in [5, 5.41) is 1.75. The zero-order valence-electron chi connectivity index (χ0n) is 14.5. The van der Waals surface area contributed by atoms with Gasteiger partial charge in [-0.25, -0.2) is 4.79 Å². The maximum absolute atomic E-state index is 12.9. The van der Waals surface area contributed by atoms with Crippen molar-refractivity contribution in [2.75, 3.05) is 13.7 Å². The third kappa shape index (κ3) is 3.17. The van der Waals surface area contributed by atoms with Crippen molar-refractivity contribution in [3.8, 4) is 0 Å². The number of H-pyrrole nitrogens is 1. The molecule has 1 aliphatic rings. The Bertz CT molecular complexity index is 1070. The van der Waals surface area contributed by atoms with E-state index in [0.29, 0.717) is 40.7 Å². The molecule has 0 fully saturated rings. The van der Waals surface area contributed by atoms with Gasteiger partial charge in [0.2, 0.25) is 0 Å². The van der Waals surface area contributed by atoms with Crippen LogP contribution in [-0.4, -0.2) is 35.4 Å². The van der Waals surface area contributed by atoms with E-state index in [4.69, 9.17) is 27.9 Å². The van der Waals surface area contributed by atoms with Crippen molar-refractivity contribution in [3.05, 3.63) is 68.8 Å². The molecule has 138 valence electrons. The Hall–Kier alpha value is -2.50. The molecule has 2 heterocycles. The molecule has 1 aromatic heterocycles. The van der Waals surface area contributed by atoms with Gasteiger partial charge >= 0.3 is 5.97 Å². The lowest BCUT2D eigenvalue weighted by molar-refractivity contribution is 0.0600. The normalized spacial score (nSPS) is 13.5. The Balaban J connectivity index is 1.69. The monoisotopic (exact) mass is 402 g/mol. The second-order valence-corrected chi connectivity index (χ2v) is 7.28. The largest absolute Gasteiger partial charge is 0.465 e. The van der Waals surface area contributed by atoms with E-state index in [-0.39, 0.29) is 11.9 Å². The van der Waals surface area contributed by atoms with Gasteiger partial charge in [0.15, 0.2) is 0 Å². The zero-order valence-corrected chi connectivity index (χ0v) is 16.0. The first-order valence-corrected chi connectivity index (χ1v) is 9.19. The summed E-state index contributed by atoms with van der Waals surface area (Å²) in [6.45, 7) is 1.03. The number of nitrogens with one attached hydrogen (secondary N) is 1. The van der Waals surface area contributed by atoms with E-state index in [1.54, 1.807) is 35.2 Å². The van der Waals surface area contributed by atoms with E-state index in [9.17, 15) is 9.59 Å². The molecule has 0 radical (unpaired) electrons. The average Bonchev–Trinajstić information content (AvgIpc) is 3.04. The van der Waals surface area contributed by atoms with Crippen LogP contribution in [0.1, 0.15) is 32.0 Å². The highest BCUT2D eigenvalue weighted by Crippen LogP contribution is 2.30. The molecule has 3 aromatic rings. The van der Waals surface area contributed by atoms with Crippen LogP contribution in [0.2, 0.25) is 10.0 Å². The summed E-state index contributed by atoms with van der Waals surface area (Å²) in [6, 6.07) is 10.3. The van der Waals surface area contributed by atoms with E-state index in [1.807, 2.05) is 6.07 Å². The SMILES string of the molecule is COC(=O)c1ccc2[nH]c3c(c2c1)CN(C(=O)c1ccc(Cl)cc1Cl)CC3. The summed E-state index contributed by atoms with van der Waals surface area (Å²) in [4.78, 5) is 29.9. The third-order valence-electron chi connectivity index (χ3n) is 4.85. The molecule has 1 N–H and O–H groups in total. The Labute approximate surface area is 165 Å². The fourth-order valence-corrected chi connectivity index (χ4v) is 3.95. The molecule has 4 rings (SSSR count). The van der Waals surface area contributed by atoms with Crippen molar-refractivity contribution in [2.45, 2.75) is 13.0 Å². The summed E-state index contributed by atoms with van der Waals surface area (Å²) in [7, 11) is 1.36. The van der Waals surface area contributed by atoms with Gasteiger partial charge in [-0.2, -0.15) is 0 Å². The summed E-state index contributed by atoms with van der Waals surface area (Å²) in [5.41, 5.74) is 3.95. The Morgan fingerprint density at radius 2 is 1.96 bits per heavy atom. The molecule has 1 amide bonds. The highest BCUT2D eigenvalue weighted by Gasteiger charge is 2.26. The van der Waals surface area contributed by atoms with Crippen molar-refractivity contribution in [3.63, 3.8) is 0 Å². The maximum Gasteiger partial charge on any atom is 0.337 e. The molecule has 0 aliphatic carbocycles. The number of methoxy groups -OCH3 is 1. The van der Waals surface area contributed by atoms with Gasteiger partial charge in [0.05, 0.1) is 23.3 Å². The molecule has 0 saturated carbocycles. The highest BCUT2D eigenvalue weighted by molar-refractivity contribution is 6.36. The van der Waals surface area contributed by atoms with E-state index in [1.165, 1.54) is 7.11 Å². The van der Waals surface area contributed by atoms with Crippen LogP contribution < -0.4 is 0 Å². The molecule has 0 bridgehead atoms. The number of nitrogens with zero attached hydrogens (tertiary/aromatic N) is 1. The predicted octanol–water partition coefficient (Wildman–Crippen LogP) is 4.46. The van der Waals surface area contributed by atoms with Crippen LogP contribution in [0.15, 0.2) is 36.4 Å². The number of carbonyl (C=O) groups excluding carboxylic acids is 2. The molecule has 5 nitrogen and oxygen atoms in total. The predicted molar refractivity (Wildman–Crippen MR) is 105 cm³/mol. The van der Waals surface area contributed by atoms with Crippen LogP contribution in [0.3, 0.4) is 0 Å². The number of carbonyl (C=O) groups is 2. The van der Waals surface area contributed by atoms with Crippen LogP contribution in [-0.2, 0) is 17.7 Å². The molecular weight excluding hydrogens is 387 g/mol. The minimum absolute atomic E-state index is 0.138. The number of amides is 1. The minimum atomic E-state index is -0.386. The second kappa shape index (κ2) is 6.91. The number of rotatable bonds is 2. The van der Waals surface area contributed by atoms with Crippen LogP contribution in [0.4, 0.5) is 0 Å². The lowest BCUT2D eigenvalue weighted by Gasteiger charge is -2.27. The van der Waals surface area contributed by atoms with Crippen molar-refractivity contribution < 1.29 is 14.3 Å². The molecular formula is C20H16Cl2N2O3. The fraction of sp³-hybridized carbons (Fsp3) is 0.200. The number of fused-ring (bicyclic) bond motifs is 3. The maximum atomic E-state index is 12.9. The van der Waals surface area contributed by atoms with Gasteiger partial charge < -0.3 is 14.6 Å². The van der Waals surface area contributed by atoms with Crippen LogP contribution in [0.25, 0.3) is 10.9 Å². The lowest BCUT2D eigenvalue weighted by Crippen LogP contribution is -2.35. The molecule has 2 aromatic carbocycles. The zero-order chi connectivity index (χ0) is 19.1. The fourth-order valence-electron chi connectivity index (χ4n) is 3.47. The van der Waals surface area contributed by atoms with Crippen LogP contribution in [0.5, 0.6) is 0 Å². The van der Waals surface area contributed by atoms with E-state index < -0.39 is 0 Å². The van der Waals surface area contributed by atoms with Gasteiger partial charge in [-0.1, -0.05) is 23.2 Å². The first kappa shape index (κ1) is 17.9. The molecule has 0 unspecified atom stereocenters. The third-order valence-corrected chi connectivity index (χ3v) is 5.39. The summed E-state index contributed by atoms with van der Waals surface area (Å²) < 4.78 is 4.81. The molecule has 1 aliphatic heterocycles. The Morgan fingerprint density at radius 3 is 2.70 bits per heavy atom. The number of benzene rings is 2.